The smallest absolute Gasteiger partial charge is 0.435 e. The molecule has 6 nitrogen and oxygen atoms in total. The highest BCUT2D eigenvalue weighted by Crippen LogP contribution is 2.27. The van der Waals surface area contributed by atoms with E-state index in [-0.39, 0.29) is 50.0 Å². The first kappa shape index (κ1) is 19.2. The molecule has 25 heavy (non-hydrogen) atoms. The number of nitrogens with zero attached hydrogens (tertiary/aromatic N) is 2. The van der Waals surface area contributed by atoms with E-state index in [2.05, 4.69) is 10.2 Å². The van der Waals surface area contributed by atoms with Crippen LogP contribution in [0.25, 0.3) is 0 Å². The highest BCUT2D eigenvalue weighted by molar-refractivity contribution is 5.27. The van der Waals surface area contributed by atoms with Crippen molar-refractivity contribution in [2.75, 3.05) is 19.9 Å². The molecule has 1 heterocycles. The molecular weight excluding hydrogens is 346 g/mol. The number of hydrogen-bond acceptors (Lipinski definition) is 5. The number of aliphatic hydroxyl groups excluding tert-OH is 1. The monoisotopic (exact) mass is 363 g/mol. The van der Waals surface area contributed by atoms with Crippen LogP contribution >= 0.6 is 0 Å². The summed E-state index contributed by atoms with van der Waals surface area (Å²) < 4.78 is 56.4. The second-order valence-electron chi connectivity index (χ2n) is 5.31. The number of ether oxygens (including phenoxy) is 1. The van der Waals surface area contributed by atoms with E-state index in [4.69, 9.17) is 9.84 Å². The maximum absolute atomic E-state index is 13.7. The molecule has 0 saturated heterocycles. The van der Waals surface area contributed by atoms with Gasteiger partial charge < -0.3 is 14.9 Å². The fourth-order valence-electron chi connectivity index (χ4n) is 2.10. The van der Waals surface area contributed by atoms with E-state index in [1.807, 2.05) is 0 Å². The predicted octanol–water partition coefficient (Wildman–Crippen LogP) is 2.24. The third kappa shape index (κ3) is 5.69. The Labute approximate surface area is 140 Å². The van der Waals surface area contributed by atoms with Crippen LogP contribution < -0.4 is 0 Å². The number of nitrogens with one attached hydrogen (secondary N) is 1. The van der Waals surface area contributed by atoms with Gasteiger partial charge in [-0.15, -0.1) is 0 Å². The van der Waals surface area contributed by atoms with Crippen molar-refractivity contribution in [1.82, 2.24) is 15.1 Å². The van der Waals surface area contributed by atoms with Crippen molar-refractivity contribution in [3.8, 4) is 5.75 Å². The molecule has 138 valence electrons. The first-order valence-electron chi connectivity index (χ1n) is 7.29. The van der Waals surface area contributed by atoms with E-state index >= 15 is 0 Å². The van der Waals surface area contributed by atoms with Crippen molar-refractivity contribution in [1.29, 1.82) is 0 Å². The number of aromatic amines is 1. The van der Waals surface area contributed by atoms with Crippen LogP contribution in [-0.4, -0.2) is 45.2 Å². The lowest BCUT2D eigenvalue weighted by molar-refractivity contribution is -0.141. The molecule has 2 rings (SSSR count). The van der Waals surface area contributed by atoms with Gasteiger partial charge >= 0.3 is 6.18 Å². The van der Waals surface area contributed by atoms with Gasteiger partial charge in [0.25, 0.3) is 0 Å². The number of rotatable bonds is 8. The Balaban J connectivity index is 1.90. The van der Waals surface area contributed by atoms with Crippen LogP contribution in [0.5, 0.6) is 5.75 Å². The second-order valence-corrected chi connectivity index (χ2v) is 5.31. The topological polar surface area (TPSA) is 81.6 Å². The number of benzene rings is 1. The summed E-state index contributed by atoms with van der Waals surface area (Å²) in [5.74, 6) is -0.808. The maximum atomic E-state index is 13.7. The molecule has 2 aromatic rings. The average Bonchev–Trinajstić information content (AvgIpc) is 2.99. The van der Waals surface area contributed by atoms with Crippen molar-refractivity contribution < 1.29 is 32.5 Å². The third-order valence-corrected chi connectivity index (χ3v) is 3.30. The van der Waals surface area contributed by atoms with E-state index in [0.29, 0.717) is 0 Å². The van der Waals surface area contributed by atoms with E-state index in [0.717, 1.165) is 12.1 Å². The molecule has 0 aliphatic rings. The van der Waals surface area contributed by atoms with Crippen LogP contribution in [0.1, 0.15) is 17.0 Å². The van der Waals surface area contributed by atoms with Crippen molar-refractivity contribution in [3.63, 3.8) is 0 Å². The van der Waals surface area contributed by atoms with E-state index in [1.54, 1.807) is 4.90 Å². The molecule has 1 aromatic carbocycles. The number of phenolic OH excluding ortho intramolecular Hbond substituents is 1. The SMILES string of the molecule is OCCN(COCc1cc(C(F)(F)F)n[nH]1)Cc1ccc(O)cc1F. The largest absolute Gasteiger partial charge is 0.508 e. The lowest BCUT2D eigenvalue weighted by Gasteiger charge is -2.21. The highest BCUT2D eigenvalue weighted by Gasteiger charge is 2.33. The first-order chi connectivity index (χ1) is 11.8. The predicted molar refractivity (Wildman–Crippen MR) is 78.8 cm³/mol. The standard InChI is InChI=1S/C15H17F4N3O3/c16-13-6-12(24)2-1-10(13)7-22(3-4-23)9-25-8-11-5-14(21-20-11)15(17,18)19/h1-2,5-6,23-24H,3-4,7-9H2,(H,20,21). The van der Waals surface area contributed by atoms with Crippen LogP contribution in [-0.2, 0) is 24.1 Å². The van der Waals surface area contributed by atoms with Crippen molar-refractivity contribution in [2.24, 2.45) is 0 Å². The van der Waals surface area contributed by atoms with Gasteiger partial charge in [-0.3, -0.25) is 10.00 Å². The molecule has 0 aliphatic heterocycles. The Bertz CT molecular complexity index is 691. The lowest BCUT2D eigenvalue weighted by atomic mass is 10.2. The molecule has 0 spiro atoms. The Kier molecular flexibility index (Phi) is 6.34. The summed E-state index contributed by atoms with van der Waals surface area (Å²) in [5.41, 5.74) is -0.604. The van der Waals surface area contributed by atoms with E-state index in [1.165, 1.54) is 12.1 Å². The minimum atomic E-state index is -4.53. The summed E-state index contributed by atoms with van der Waals surface area (Å²) >= 11 is 0. The van der Waals surface area contributed by atoms with E-state index in [9.17, 15) is 22.7 Å². The summed E-state index contributed by atoms with van der Waals surface area (Å²) in [4.78, 5) is 1.57. The zero-order chi connectivity index (χ0) is 18.4. The van der Waals surface area contributed by atoms with Gasteiger partial charge in [0.15, 0.2) is 5.69 Å². The normalized spacial score (nSPS) is 12.1. The highest BCUT2D eigenvalue weighted by atomic mass is 19.4. The number of aliphatic hydroxyl groups is 1. The maximum Gasteiger partial charge on any atom is 0.435 e. The average molecular weight is 363 g/mol. The molecular formula is C15H17F4N3O3. The van der Waals surface area contributed by atoms with Gasteiger partial charge in [-0.1, -0.05) is 6.07 Å². The van der Waals surface area contributed by atoms with Gasteiger partial charge in [0.05, 0.1) is 25.6 Å². The minimum absolute atomic E-state index is 0.0404. The van der Waals surface area contributed by atoms with E-state index < -0.39 is 17.7 Å². The number of aromatic hydroxyl groups is 1. The summed E-state index contributed by atoms with van der Waals surface area (Å²) in [7, 11) is 0. The van der Waals surface area contributed by atoms with Crippen LogP contribution in [0.2, 0.25) is 0 Å². The number of H-pyrrole nitrogens is 1. The quantitative estimate of drug-likeness (QED) is 0.495. The fraction of sp³-hybridized carbons (Fsp3) is 0.400. The zero-order valence-electron chi connectivity index (χ0n) is 13.1. The van der Waals surface area contributed by atoms with Gasteiger partial charge in [-0.25, -0.2) is 4.39 Å². The van der Waals surface area contributed by atoms with Crippen molar-refractivity contribution in [3.05, 3.63) is 47.0 Å². The van der Waals surface area contributed by atoms with Crippen molar-refractivity contribution in [2.45, 2.75) is 19.3 Å². The molecule has 0 radical (unpaired) electrons. The molecule has 0 atom stereocenters. The molecule has 0 fully saturated rings. The van der Waals surface area contributed by atoms with Crippen LogP contribution in [0.4, 0.5) is 17.6 Å². The molecule has 0 aliphatic carbocycles. The first-order valence-corrected chi connectivity index (χ1v) is 7.29. The molecule has 1 aromatic heterocycles. The Morgan fingerprint density at radius 2 is 2.00 bits per heavy atom. The fourth-order valence-corrected chi connectivity index (χ4v) is 2.10. The molecule has 0 saturated carbocycles. The summed E-state index contributed by atoms with van der Waals surface area (Å²) in [5, 5.41) is 23.6. The van der Waals surface area contributed by atoms with Gasteiger partial charge in [0, 0.05) is 24.7 Å². The second kappa shape index (κ2) is 8.28. The molecule has 0 amide bonds. The number of halogens is 4. The van der Waals surface area contributed by atoms with Gasteiger partial charge in [-0.2, -0.15) is 18.3 Å². The number of phenols is 1. The third-order valence-electron chi connectivity index (χ3n) is 3.30. The van der Waals surface area contributed by atoms with Gasteiger partial charge in [-0.05, 0) is 12.1 Å². The lowest BCUT2D eigenvalue weighted by Crippen LogP contribution is -2.29. The van der Waals surface area contributed by atoms with Crippen LogP contribution in [0.15, 0.2) is 24.3 Å². The Morgan fingerprint density at radius 3 is 2.60 bits per heavy atom. The summed E-state index contributed by atoms with van der Waals surface area (Å²) in [6, 6.07) is 4.55. The number of alkyl halides is 3. The molecule has 0 bridgehead atoms. The van der Waals surface area contributed by atoms with Gasteiger partial charge in [0.1, 0.15) is 11.6 Å². The minimum Gasteiger partial charge on any atom is -0.508 e. The zero-order valence-corrected chi connectivity index (χ0v) is 13.1. The molecule has 10 heteroatoms. The number of hydrogen-bond donors (Lipinski definition) is 3. The molecule has 0 unspecified atom stereocenters. The number of aromatic nitrogens is 2. The Morgan fingerprint density at radius 1 is 1.24 bits per heavy atom. The van der Waals surface area contributed by atoms with Crippen LogP contribution in [0, 0.1) is 5.82 Å². The summed E-state index contributed by atoms with van der Waals surface area (Å²) in [6.45, 7) is -0.115. The van der Waals surface area contributed by atoms with Gasteiger partial charge in [0.2, 0.25) is 0 Å². The molecule has 3 N–H and O–H groups in total. The van der Waals surface area contributed by atoms with Crippen molar-refractivity contribution >= 4 is 0 Å². The van der Waals surface area contributed by atoms with Crippen LogP contribution in [0.3, 0.4) is 0 Å². The summed E-state index contributed by atoms with van der Waals surface area (Å²) in [6.07, 6.45) is -4.53. The Hall–Kier alpha value is -2.17.